The van der Waals surface area contributed by atoms with Crippen LogP contribution in [0.4, 0.5) is 0 Å². The van der Waals surface area contributed by atoms with Gasteiger partial charge in [0.15, 0.2) is 0 Å². The predicted molar refractivity (Wildman–Crippen MR) is 172 cm³/mol. The van der Waals surface area contributed by atoms with Gasteiger partial charge in [0, 0.05) is 41.0 Å². The van der Waals surface area contributed by atoms with Crippen LogP contribution < -0.4 is 0 Å². The molecule has 1 saturated carbocycles. The largest absolute Gasteiger partial charge is 0.286 e. The number of aromatic nitrogens is 3. The highest BCUT2D eigenvalue weighted by molar-refractivity contribution is 6.21. The standard InChI is InChI=1S/C10H11NO2.C9H7NO2.C7H7N3.C5H7NO2.C2H6.CH4/c1-11-9(12)7-5-2-3-6(4-5)8(7)10(11)13;1-10-8(11)6-4-2-3-5-7(6)9(10)12;1-10-7-5-3-2-4-6(7)8-9-10;1-6-4(7)2-3-5(6)8;1-2;/h2-3,5-8H,4H2,1H3;2-5H,1H3;2-5H,1H3;2-3H2,1H3;1-2H3;1H4. The lowest BCUT2D eigenvalue weighted by Gasteiger charge is -2.14. The number of amides is 6. The molecule has 244 valence electrons. The lowest BCUT2D eigenvalue weighted by molar-refractivity contribution is -0.139. The minimum atomic E-state index is -0.212. The molecule has 4 unspecified atom stereocenters. The Hall–Kier alpha value is -5.00. The van der Waals surface area contributed by atoms with Gasteiger partial charge >= 0.3 is 0 Å². The Bertz CT molecular complexity index is 1600. The summed E-state index contributed by atoms with van der Waals surface area (Å²) in [6, 6.07) is 14.7. The molecule has 0 radical (unpaired) electrons. The summed E-state index contributed by atoms with van der Waals surface area (Å²) in [4.78, 5) is 70.5. The van der Waals surface area contributed by atoms with Gasteiger partial charge in [-0.2, -0.15) is 0 Å². The number of likely N-dealkylation sites (tertiary alicyclic amines) is 2. The fourth-order valence-electron chi connectivity index (χ4n) is 6.04. The molecule has 1 aromatic heterocycles. The number of hydrogen-bond acceptors (Lipinski definition) is 8. The van der Waals surface area contributed by atoms with Gasteiger partial charge in [-0.1, -0.05) is 62.9 Å². The van der Waals surface area contributed by atoms with Crippen LogP contribution in [0.2, 0.25) is 0 Å². The Balaban J connectivity index is 0.000000165. The van der Waals surface area contributed by atoms with Gasteiger partial charge in [-0.25, -0.2) is 4.68 Å². The zero-order valence-electron chi connectivity index (χ0n) is 26.3. The van der Waals surface area contributed by atoms with E-state index in [1.54, 1.807) is 36.0 Å². The minimum Gasteiger partial charge on any atom is -0.286 e. The Labute approximate surface area is 269 Å². The van der Waals surface area contributed by atoms with Gasteiger partial charge in [-0.05, 0) is 42.5 Å². The van der Waals surface area contributed by atoms with Crippen molar-refractivity contribution in [2.75, 3.05) is 21.1 Å². The van der Waals surface area contributed by atoms with E-state index in [2.05, 4.69) is 22.5 Å². The zero-order valence-corrected chi connectivity index (χ0v) is 26.3. The van der Waals surface area contributed by atoms with E-state index < -0.39 is 0 Å². The Morgan fingerprint density at radius 3 is 1.52 bits per heavy atom. The van der Waals surface area contributed by atoms with Crippen LogP contribution in [0.1, 0.15) is 61.3 Å². The maximum atomic E-state index is 11.7. The number of carbonyl (C=O) groups is 6. The summed E-state index contributed by atoms with van der Waals surface area (Å²) in [6.45, 7) is 4.00. The van der Waals surface area contributed by atoms with Crippen LogP contribution in [0.15, 0.2) is 60.7 Å². The summed E-state index contributed by atoms with van der Waals surface area (Å²) in [6.07, 6.45) is 6.03. The van der Waals surface area contributed by atoms with Crippen LogP contribution >= 0.6 is 0 Å². The number of fused-ring (bicyclic) bond motifs is 7. The maximum absolute atomic E-state index is 11.7. The van der Waals surface area contributed by atoms with Gasteiger partial charge in [0.1, 0.15) is 5.52 Å². The van der Waals surface area contributed by atoms with E-state index >= 15 is 0 Å². The van der Waals surface area contributed by atoms with Crippen LogP contribution in [-0.2, 0) is 26.2 Å². The number of benzene rings is 2. The van der Waals surface area contributed by atoms with Crippen molar-refractivity contribution >= 4 is 46.5 Å². The molecule has 46 heavy (non-hydrogen) atoms. The van der Waals surface area contributed by atoms with Crippen molar-refractivity contribution in [3.05, 3.63) is 71.8 Å². The first-order valence-corrected chi connectivity index (χ1v) is 15.0. The third kappa shape index (κ3) is 6.65. The van der Waals surface area contributed by atoms with Crippen LogP contribution in [0.5, 0.6) is 0 Å². The molecule has 2 aliphatic carbocycles. The number of carbonyl (C=O) groups excluding carboxylic acids is 6. The van der Waals surface area contributed by atoms with E-state index in [9.17, 15) is 28.8 Å². The highest BCUT2D eigenvalue weighted by Gasteiger charge is 2.58. The lowest BCUT2D eigenvalue weighted by atomic mass is 9.85. The number of aryl methyl sites for hydroxylation is 1. The normalized spacial score (nSPS) is 23.0. The van der Waals surface area contributed by atoms with Crippen LogP contribution in [0, 0.1) is 23.7 Å². The third-order valence-corrected chi connectivity index (χ3v) is 8.51. The quantitative estimate of drug-likeness (QED) is 0.270. The van der Waals surface area contributed by atoms with E-state index in [1.807, 2.05) is 45.2 Å². The smallest absolute Gasteiger partial charge is 0.261 e. The van der Waals surface area contributed by atoms with Gasteiger partial charge in [0.05, 0.1) is 28.5 Å². The molecule has 4 atom stereocenters. The molecule has 2 aromatic carbocycles. The molecule has 4 heterocycles. The number of hydrogen-bond donors (Lipinski definition) is 0. The number of para-hydroxylation sites is 1. The molecule has 12 nitrogen and oxygen atoms in total. The number of nitrogens with zero attached hydrogens (tertiary/aromatic N) is 6. The summed E-state index contributed by atoms with van der Waals surface area (Å²) in [7, 11) is 6.49. The summed E-state index contributed by atoms with van der Waals surface area (Å²) >= 11 is 0. The van der Waals surface area contributed by atoms with E-state index in [-0.39, 0.29) is 54.7 Å². The molecule has 3 fully saturated rings. The first-order valence-electron chi connectivity index (χ1n) is 15.0. The summed E-state index contributed by atoms with van der Waals surface area (Å²) in [5.74, 6) is 0.169. The Morgan fingerprint density at radius 1 is 0.630 bits per heavy atom. The highest BCUT2D eigenvalue weighted by Crippen LogP contribution is 2.52. The zero-order chi connectivity index (χ0) is 33.0. The molecule has 12 heteroatoms. The minimum absolute atomic E-state index is 0. The van der Waals surface area contributed by atoms with Gasteiger partial charge in [0.2, 0.25) is 23.6 Å². The molecule has 3 aliphatic heterocycles. The number of imide groups is 3. The van der Waals surface area contributed by atoms with E-state index in [4.69, 9.17) is 0 Å². The van der Waals surface area contributed by atoms with Crippen LogP contribution in [-0.4, -0.2) is 86.3 Å². The molecule has 0 N–H and O–H groups in total. The predicted octanol–water partition coefficient (Wildman–Crippen LogP) is 3.73. The molecule has 0 spiro atoms. The first kappa shape index (κ1) is 35.5. The third-order valence-electron chi connectivity index (χ3n) is 8.51. The Kier molecular flexibility index (Phi) is 11.5. The van der Waals surface area contributed by atoms with Crippen LogP contribution in [0.25, 0.3) is 11.0 Å². The number of rotatable bonds is 0. The second-order valence-corrected chi connectivity index (χ2v) is 11.0. The molecule has 8 rings (SSSR count). The molecule has 2 bridgehead atoms. The molecule has 2 saturated heterocycles. The van der Waals surface area contributed by atoms with E-state index in [0.29, 0.717) is 35.8 Å². The average Bonchev–Trinajstić information content (AvgIpc) is 3.92. The van der Waals surface area contributed by atoms with Crippen molar-refractivity contribution in [2.45, 2.75) is 40.5 Å². The lowest BCUT2D eigenvalue weighted by Crippen LogP contribution is -2.28. The summed E-state index contributed by atoms with van der Waals surface area (Å²) < 4.78 is 1.76. The second kappa shape index (κ2) is 14.9. The fourth-order valence-corrected chi connectivity index (χ4v) is 6.04. The van der Waals surface area contributed by atoms with Gasteiger partial charge in [-0.15, -0.1) is 5.10 Å². The summed E-state index contributed by atoms with van der Waals surface area (Å²) in [5.41, 5.74) is 3.03. The fraction of sp³-hybridized carbons (Fsp3) is 0.412. The monoisotopic (exact) mass is 630 g/mol. The maximum Gasteiger partial charge on any atom is 0.261 e. The SMILES string of the molecule is C.CC.CN1C(=O)C2C3C=CC(C3)C2C1=O.CN1C(=O)CCC1=O.CN1C(=O)c2ccccc2C1=O.Cn1nnc2ccccc21. The van der Waals surface area contributed by atoms with Gasteiger partial charge < -0.3 is 0 Å². The number of allylic oxidation sites excluding steroid dienone is 2. The molecular formula is C34H42N6O6. The van der Waals surface area contributed by atoms with Crippen molar-refractivity contribution in [1.82, 2.24) is 29.7 Å². The van der Waals surface area contributed by atoms with E-state index in [0.717, 1.165) is 22.4 Å². The molecule has 3 aromatic rings. The Morgan fingerprint density at radius 2 is 1.09 bits per heavy atom. The first-order chi connectivity index (χ1) is 21.5. The van der Waals surface area contributed by atoms with Gasteiger partial charge in [-0.3, -0.25) is 43.5 Å². The van der Waals surface area contributed by atoms with Crippen molar-refractivity contribution in [2.24, 2.45) is 30.7 Å². The van der Waals surface area contributed by atoms with Crippen molar-refractivity contribution in [3.63, 3.8) is 0 Å². The summed E-state index contributed by atoms with van der Waals surface area (Å²) in [5, 5.41) is 7.79. The molecule has 6 amide bonds. The van der Waals surface area contributed by atoms with Crippen molar-refractivity contribution in [1.29, 1.82) is 0 Å². The molecular weight excluding hydrogens is 588 g/mol. The second-order valence-electron chi connectivity index (χ2n) is 11.0. The van der Waals surface area contributed by atoms with Crippen molar-refractivity contribution in [3.8, 4) is 0 Å². The van der Waals surface area contributed by atoms with Crippen molar-refractivity contribution < 1.29 is 28.8 Å². The molecule has 5 aliphatic rings. The average molecular weight is 631 g/mol. The topological polar surface area (TPSA) is 143 Å². The highest BCUT2D eigenvalue weighted by atomic mass is 16.2. The van der Waals surface area contributed by atoms with E-state index in [1.165, 1.54) is 23.9 Å². The van der Waals surface area contributed by atoms with Crippen LogP contribution in [0.3, 0.4) is 0 Å². The van der Waals surface area contributed by atoms with Gasteiger partial charge in [0.25, 0.3) is 11.8 Å².